The van der Waals surface area contributed by atoms with Crippen LogP contribution < -0.4 is 0 Å². The molecule has 0 aliphatic rings. The van der Waals surface area contributed by atoms with Gasteiger partial charge in [-0.1, -0.05) is 146 Å². The Labute approximate surface area is 305 Å². The number of ether oxygens (including phenoxy) is 2. The van der Waals surface area contributed by atoms with E-state index in [0.717, 1.165) is 51.4 Å². The third kappa shape index (κ3) is 38.8. The number of unbranched alkanes of at least 4 members (excludes halogenated alkanes) is 18. The molecule has 290 valence electrons. The third-order valence-electron chi connectivity index (χ3n) is 8.32. The van der Waals surface area contributed by atoms with Gasteiger partial charge in [0.25, 0.3) is 0 Å². The second kappa shape index (κ2) is 36.8. The van der Waals surface area contributed by atoms with Gasteiger partial charge < -0.3 is 19.3 Å². The number of phosphoric acid groups is 1. The van der Waals surface area contributed by atoms with E-state index in [0.29, 0.717) is 19.3 Å². The van der Waals surface area contributed by atoms with E-state index in [4.69, 9.17) is 19.3 Å². The normalized spacial score (nSPS) is 13.0. The zero-order chi connectivity index (χ0) is 36.8. The Hall–Kier alpha value is -1.99. The number of rotatable bonds is 36. The summed E-state index contributed by atoms with van der Waals surface area (Å²) < 4.78 is 26.3. The zero-order valence-electron chi connectivity index (χ0n) is 31.8. The molecule has 0 heterocycles. The third-order valence-corrected chi connectivity index (χ3v) is 8.81. The average molecular weight is 725 g/mol. The van der Waals surface area contributed by atoms with Crippen molar-refractivity contribution in [3.8, 4) is 0 Å². The Morgan fingerprint density at radius 2 is 0.920 bits per heavy atom. The van der Waals surface area contributed by atoms with Crippen molar-refractivity contribution in [1.82, 2.24) is 0 Å². The molecule has 0 saturated heterocycles. The van der Waals surface area contributed by atoms with E-state index in [2.05, 4.69) is 60.9 Å². The molecular weight excluding hydrogens is 651 g/mol. The molecule has 0 aromatic carbocycles. The van der Waals surface area contributed by atoms with E-state index >= 15 is 0 Å². The Kier molecular flexibility index (Phi) is 35.3. The van der Waals surface area contributed by atoms with Crippen LogP contribution in [-0.4, -0.2) is 41.0 Å². The Balaban J connectivity index is 4.05. The van der Waals surface area contributed by atoms with Gasteiger partial charge in [-0.2, -0.15) is 0 Å². The lowest BCUT2D eigenvalue weighted by atomic mass is 10.1. The predicted molar refractivity (Wildman–Crippen MR) is 207 cm³/mol. The maximum Gasteiger partial charge on any atom is 0.469 e. The SMILES string of the molecule is CCCCCCCC/C=C\C/C=C\C/C=C\CCCC(=O)O[C@H](COC(=O)CCCCCCC/C=C\CCCCCCCC)COP(=O)(O)O. The van der Waals surface area contributed by atoms with Gasteiger partial charge in [0.1, 0.15) is 6.61 Å². The molecule has 9 heteroatoms. The minimum atomic E-state index is -4.77. The minimum Gasteiger partial charge on any atom is -0.462 e. The highest BCUT2D eigenvalue weighted by Crippen LogP contribution is 2.36. The van der Waals surface area contributed by atoms with Crippen LogP contribution in [0.1, 0.15) is 181 Å². The molecule has 0 spiro atoms. The summed E-state index contributed by atoms with van der Waals surface area (Å²) in [6.07, 6.45) is 44.1. The van der Waals surface area contributed by atoms with Crippen LogP contribution in [0.5, 0.6) is 0 Å². The van der Waals surface area contributed by atoms with Crippen molar-refractivity contribution in [3.63, 3.8) is 0 Å². The molecule has 0 aromatic rings. The molecule has 0 aromatic heterocycles. The molecule has 0 bridgehead atoms. The summed E-state index contributed by atoms with van der Waals surface area (Å²) in [4.78, 5) is 42.7. The van der Waals surface area contributed by atoms with E-state index < -0.39 is 32.5 Å². The average Bonchev–Trinajstić information content (AvgIpc) is 3.08. The zero-order valence-corrected chi connectivity index (χ0v) is 32.7. The van der Waals surface area contributed by atoms with Crippen molar-refractivity contribution in [2.75, 3.05) is 13.2 Å². The van der Waals surface area contributed by atoms with Crippen LogP contribution in [0, 0.1) is 0 Å². The van der Waals surface area contributed by atoms with E-state index in [1.807, 2.05) is 6.08 Å². The largest absolute Gasteiger partial charge is 0.469 e. The number of carbonyl (C=O) groups is 2. The van der Waals surface area contributed by atoms with Crippen molar-refractivity contribution >= 4 is 19.8 Å². The van der Waals surface area contributed by atoms with E-state index in [-0.39, 0.29) is 19.4 Å². The number of phosphoric ester groups is 1. The van der Waals surface area contributed by atoms with E-state index in [9.17, 15) is 14.2 Å². The lowest BCUT2D eigenvalue weighted by molar-refractivity contribution is -0.161. The fourth-order valence-corrected chi connectivity index (χ4v) is 5.68. The van der Waals surface area contributed by atoms with Gasteiger partial charge in [0.05, 0.1) is 6.61 Å². The number of hydrogen-bond donors (Lipinski definition) is 2. The van der Waals surface area contributed by atoms with Crippen molar-refractivity contribution in [2.24, 2.45) is 0 Å². The minimum absolute atomic E-state index is 0.138. The monoisotopic (exact) mass is 725 g/mol. The molecule has 0 amide bonds. The summed E-state index contributed by atoms with van der Waals surface area (Å²) in [6.45, 7) is 3.62. The maximum atomic E-state index is 12.4. The van der Waals surface area contributed by atoms with Crippen LogP contribution >= 0.6 is 7.82 Å². The van der Waals surface area contributed by atoms with Gasteiger partial charge in [0.2, 0.25) is 0 Å². The summed E-state index contributed by atoms with van der Waals surface area (Å²) in [6, 6.07) is 0. The van der Waals surface area contributed by atoms with Crippen molar-refractivity contribution < 1.29 is 37.9 Å². The molecule has 50 heavy (non-hydrogen) atoms. The first kappa shape index (κ1) is 48.0. The first-order chi connectivity index (χ1) is 24.3. The maximum absolute atomic E-state index is 12.4. The van der Waals surface area contributed by atoms with Crippen molar-refractivity contribution in [2.45, 2.75) is 187 Å². The summed E-state index contributed by atoms with van der Waals surface area (Å²) in [5, 5.41) is 0. The molecule has 1 atom stereocenters. The van der Waals surface area contributed by atoms with Crippen LogP contribution in [-0.2, 0) is 28.2 Å². The first-order valence-corrected chi connectivity index (χ1v) is 21.5. The Morgan fingerprint density at radius 3 is 1.42 bits per heavy atom. The van der Waals surface area contributed by atoms with Crippen LogP contribution in [0.3, 0.4) is 0 Å². The topological polar surface area (TPSA) is 119 Å². The second-order valence-corrected chi connectivity index (χ2v) is 14.5. The fraction of sp³-hybridized carbons (Fsp3) is 0.756. The predicted octanol–water partition coefficient (Wildman–Crippen LogP) is 12.0. The van der Waals surface area contributed by atoms with Gasteiger partial charge >= 0.3 is 19.8 Å². The van der Waals surface area contributed by atoms with Gasteiger partial charge in [0, 0.05) is 12.8 Å². The number of carbonyl (C=O) groups excluding carboxylic acids is 2. The summed E-state index contributed by atoms with van der Waals surface area (Å²) >= 11 is 0. The van der Waals surface area contributed by atoms with Crippen LogP contribution in [0.2, 0.25) is 0 Å². The number of allylic oxidation sites excluding steroid dienone is 8. The van der Waals surface area contributed by atoms with Crippen LogP contribution in [0.25, 0.3) is 0 Å². The number of hydrogen-bond acceptors (Lipinski definition) is 6. The molecule has 0 aliphatic carbocycles. The second-order valence-electron chi connectivity index (χ2n) is 13.2. The molecule has 0 radical (unpaired) electrons. The summed E-state index contributed by atoms with van der Waals surface area (Å²) in [5.41, 5.74) is 0. The molecule has 2 N–H and O–H groups in total. The van der Waals surface area contributed by atoms with Crippen LogP contribution in [0.4, 0.5) is 0 Å². The lowest BCUT2D eigenvalue weighted by Crippen LogP contribution is -2.29. The van der Waals surface area contributed by atoms with Gasteiger partial charge in [-0.15, -0.1) is 0 Å². The highest BCUT2D eigenvalue weighted by molar-refractivity contribution is 7.46. The first-order valence-electron chi connectivity index (χ1n) is 19.9. The molecule has 0 unspecified atom stereocenters. The fourth-order valence-electron chi connectivity index (χ4n) is 5.32. The molecule has 0 rings (SSSR count). The van der Waals surface area contributed by atoms with E-state index in [1.54, 1.807) is 0 Å². The summed E-state index contributed by atoms with van der Waals surface area (Å²) in [5.74, 6) is -0.957. The molecular formula is C41H73O8P. The van der Waals surface area contributed by atoms with Gasteiger partial charge in [0.15, 0.2) is 6.10 Å². The van der Waals surface area contributed by atoms with Gasteiger partial charge in [-0.25, -0.2) is 4.57 Å². The standard InChI is InChI=1S/C41H73O8P/c1-3-5-7-9-11-13-15-17-19-20-22-24-26-28-30-32-34-36-41(43)49-39(38-48-50(44,45)46)37-47-40(42)35-33-31-29-27-25-23-21-18-16-14-12-10-8-6-4-2/h17-19,21-22,24,28,30,39H,3-16,20,23,25-27,29,31-38H2,1-2H3,(H2,44,45,46)/b19-17-,21-18-,24-22-,30-28-/t39-/m1/s1. The molecule has 0 saturated carbocycles. The summed E-state index contributed by atoms with van der Waals surface area (Å²) in [7, 11) is -4.77. The highest BCUT2D eigenvalue weighted by atomic mass is 31.2. The van der Waals surface area contributed by atoms with Gasteiger partial charge in [-0.3, -0.25) is 14.1 Å². The Morgan fingerprint density at radius 1 is 0.520 bits per heavy atom. The molecule has 0 fully saturated rings. The highest BCUT2D eigenvalue weighted by Gasteiger charge is 2.22. The lowest BCUT2D eigenvalue weighted by Gasteiger charge is -2.18. The van der Waals surface area contributed by atoms with Crippen LogP contribution in [0.15, 0.2) is 48.6 Å². The quantitative estimate of drug-likeness (QED) is 0.0284. The Bertz CT molecular complexity index is 952. The van der Waals surface area contributed by atoms with Crippen molar-refractivity contribution in [3.05, 3.63) is 48.6 Å². The van der Waals surface area contributed by atoms with E-state index in [1.165, 1.54) is 83.5 Å². The number of esters is 2. The molecule has 8 nitrogen and oxygen atoms in total. The molecule has 0 aliphatic heterocycles. The van der Waals surface area contributed by atoms with Gasteiger partial charge in [-0.05, 0) is 70.6 Å². The van der Waals surface area contributed by atoms with Crippen molar-refractivity contribution in [1.29, 1.82) is 0 Å². The smallest absolute Gasteiger partial charge is 0.462 e.